The van der Waals surface area contributed by atoms with E-state index in [1.807, 2.05) is 5.66 Å². The van der Waals surface area contributed by atoms with Gasteiger partial charge in [-0.15, -0.1) is 6.42 Å². The van der Waals surface area contributed by atoms with E-state index in [-0.39, 0.29) is 6.61 Å². The van der Waals surface area contributed by atoms with E-state index in [4.69, 9.17) is 11.9 Å². The van der Waals surface area contributed by atoms with Crippen molar-refractivity contribution in [3.8, 4) is 12.1 Å². The fourth-order valence-electron chi connectivity index (χ4n) is 0.229. The molecule has 0 heterocycles. The smallest absolute Gasteiger partial charge is 0.309 e. The maximum atomic E-state index is 10.5. The van der Waals surface area contributed by atoms with Crippen LogP contribution in [0.2, 0.25) is 0 Å². The summed E-state index contributed by atoms with van der Waals surface area (Å²) in [6.07, 6.45) is 4.73. The van der Waals surface area contributed by atoms with Crippen LogP contribution in [0.5, 0.6) is 0 Å². The van der Waals surface area contributed by atoms with Gasteiger partial charge in [-0.3, -0.25) is 4.57 Å². The zero-order valence-electron chi connectivity index (χ0n) is 4.63. The first-order valence-corrected chi connectivity index (χ1v) is 3.83. The summed E-state index contributed by atoms with van der Waals surface area (Å²) in [5, 5.41) is 0. The molecule has 0 radical (unpaired) electrons. The van der Waals surface area contributed by atoms with Gasteiger partial charge in [0.1, 0.15) is 0 Å². The van der Waals surface area contributed by atoms with Crippen LogP contribution in [-0.2, 0) is 9.09 Å². The molecule has 0 aromatic heterocycles. The van der Waals surface area contributed by atoms with Gasteiger partial charge in [-0.1, -0.05) is 0 Å². The lowest BCUT2D eigenvalue weighted by Crippen LogP contribution is -1.95. The van der Waals surface area contributed by atoms with Crippen molar-refractivity contribution in [1.82, 2.24) is 0 Å². The Labute approximate surface area is 48.7 Å². The number of hydrogen-bond donors (Lipinski definition) is 1. The van der Waals surface area contributed by atoms with Gasteiger partial charge in [-0.25, -0.2) is 5.50 Å². The molecular formula is C4H8NO2P. The summed E-state index contributed by atoms with van der Waals surface area (Å²) in [4.78, 5) is 0. The van der Waals surface area contributed by atoms with E-state index < -0.39 is 7.52 Å². The summed E-state index contributed by atoms with van der Waals surface area (Å²) < 4.78 is 15.0. The van der Waals surface area contributed by atoms with Crippen LogP contribution in [0.3, 0.4) is 0 Å². The van der Waals surface area contributed by atoms with Gasteiger partial charge in [0.05, 0.1) is 6.61 Å². The molecule has 0 aliphatic heterocycles. The van der Waals surface area contributed by atoms with Crippen molar-refractivity contribution < 1.29 is 9.09 Å². The predicted molar refractivity (Wildman–Crippen MR) is 32.3 cm³/mol. The van der Waals surface area contributed by atoms with Crippen molar-refractivity contribution in [1.29, 1.82) is 0 Å². The highest BCUT2D eigenvalue weighted by molar-refractivity contribution is 7.61. The predicted octanol–water partition coefficient (Wildman–Crippen LogP) is 0.765. The van der Waals surface area contributed by atoms with Crippen LogP contribution in [0, 0.1) is 12.1 Å². The molecule has 3 nitrogen and oxygen atoms in total. The van der Waals surface area contributed by atoms with Gasteiger partial charge in [0.15, 0.2) is 0 Å². The van der Waals surface area contributed by atoms with Crippen molar-refractivity contribution in [2.75, 3.05) is 6.61 Å². The number of terminal acetylenes is 1. The fraction of sp³-hybridized carbons (Fsp3) is 0.500. The minimum atomic E-state index is -3.15. The molecule has 0 spiro atoms. The Hall–Kier alpha value is -0.290. The van der Waals surface area contributed by atoms with Crippen molar-refractivity contribution >= 4 is 7.52 Å². The maximum Gasteiger partial charge on any atom is 0.339 e. The van der Waals surface area contributed by atoms with E-state index in [2.05, 4.69) is 4.52 Å². The lowest BCUT2D eigenvalue weighted by Gasteiger charge is -2.01. The molecule has 4 heteroatoms. The van der Waals surface area contributed by atoms with Crippen LogP contribution >= 0.6 is 7.52 Å². The molecule has 0 saturated heterocycles. The molecule has 0 aromatic carbocycles. The second kappa shape index (κ2) is 2.88. The largest absolute Gasteiger partial charge is 0.339 e. The number of rotatable bonds is 2. The molecule has 0 amide bonds. The molecular weight excluding hydrogens is 125 g/mol. The second-order valence-electron chi connectivity index (χ2n) is 1.14. The molecule has 0 aromatic rings. The fourth-order valence-corrected chi connectivity index (χ4v) is 0.687. The Morgan fingerprint density at radius 1 is 2.00 bits per heavy atom. The third-order valence-corrected chi connectivity index (χ3v) is 1.50. The highest BCUT2D eigenvalue weighted by atomic mass is 31.2. The molecule has 8 heavy (non-hydrogen) atoms. The molecule has 0 rings (SSSR count). The van der Waals surface area contributed by atoms with E-state index in [0.29, 0.717) is 0 Å². The Balaban J connectivity index is 3.79. The summed E-state index contributed by atoms with van der Waals surface area (Å²) in [5.41, 5.74) is 6.78. The maximum absolute atomic E-state index is 10.5. The lowest BCUT2D eigenvalue weighted by molar-refractivity contribution is 0.342. The van der Waals surface area contributed by atoms with Gasteiger partial charge in [-0.05, 0) is 6.92 Å². The number of nitrogens with two attached hydrogens (primary N) is 1. The first kappa shape index (κ1) is 7.71. The third-order valence-electron chi connectivity index (χ3n) is 0.501. The summed E-state index contributed by atoms with van der Waals surface area (Å²) in [6, 6.07) is 0. The van der Waals surface area contributed by atoms with E-state index >= 15 is 0 Å². The van der Waals surface area contributed by atoms with Crippen LogP contribution in [0.15, 0.2) is 0 Å². The van der Waals surface area contributed by atoms with Crippen molar-refractivity contribution in [3.05, 3.63) is 0 Å². The molecule has 0 aliphatic rings. The molecule has 46 valence electrons. The normalized spacial score (nSPS) is 16.6. The zero-order valence-corrected chi connectivity index (χ0v) is 5.52. The SMILES string of the molecule is C#CP(N)(=O)OCC. The Morgan fingerprint density at radius 2 is 2.50 bits per heavy atom. The minimum Gasteiger partial charge on any atom is -0.309 e. The lowest BCUT2D eigenvalue weighted by atomic mass is 10.9. The Morgan fingerprint density at radius 3 is 2.62 bits per heavy atom. The second-order valence-corrected chi connectivity index (χ2v) is 2.85. The van der Waals surface area contributed by atoms with Gasteiger partial charge >= 0.3 is 7.52 Å². The molecule has 2 N–H and O–H groups in total. The standard InChI is InChI=1S/C4H8NO2P/c1-3-7-8(5,6)4-2/h2H,3H2,1H3,(H2,5,6). The van der Waals surface area contributed by atoms with Crippen LogP contribution in [0.1, 0.15) is 6.92 Å². The zero-order chi connectivity index (χ0) is 6.62. The van der Waals surface area contributed by atoms with Gasteiger partial charge < -0.3 is 4.52 Å². The summed E-state index contributed by atoms with van der Waals surface area (Å²) in [6.45, 7) is 1.97. The highest BCUT2D eigenvalue weighted by Gasteiger charge is 2.08. The number of hydrogen-bond acceptors (Lipinski definition) is 2. The quantitative estimate of drug-likeness (QED) is 0.447. The average Bonchev–Trinajstić information content (AvgIpc) is 1.67. The molecule has 0 bridgehead atoms. The van der Waals surface area contributed by atoms with Crippen LogP contribution in [0.4, 0.5) is 0 Å². The van der Waals surface area contributed by atoms with Crippen molar-refractivity contribution in [2.45, 2.75) is 6.92 Å². The van der Waals surface area contributed by atoms with Crippen LogP contribution in [-0.4, -0.2) is 6.61 Å². The van der Waals surface area contributed by atoms with Gasteiger partial charge in [0.2, 0.25) is 0 Å². The van der Waals surface area contributed by atoms with E-state index in [0.717, 1.165) is 0 Å². The first-order valence-electron chi connectivity index (χ1n) is 2.13. The summed E-state index contributed by atoms with van der Waals surface area (Å²) >= 11 is 0. The summed E-state index contributed by atoms with van der Waals surface area (Å²) in [7, 11) is -3.15. The van der Waals surface area contributed by atoms with E-state index in [9.17, 15) is 4.57 Å². The monoisotopic (exact) mass is 133 g/mol. The van der Waals surface area contributed by atoms with Crippen LogP contribution in [0.25, 0.3) is 0 Å². The minimum absolute atomic E-state index is 0.290. The molecule has 1 unspecified atom stereocenters. The average molecular weight is 133 g/mol. The van der Waals surface area contributed by atoms with Crippen molar-refractivity contribution in [3.63, 3.8) is 0 Å². The molecule has 1 atom stereocenters. The Bertz CT molecular complexity index is 149. The van der Waals surface area contributed by atoms with Crippen molar-refractivity contribution in [2.24, 2.45) is 5.50 Å². The summed E-state index contributed by atoms with van der Waals surface area (Å²) in [5.74, 6) is 0. The first-order chi connectivity index (χ1) is 3.62. The van der Waals surface area contributed by atoms with Gasteiger partial charge in [0, 0.05) is 5.66 Å². The topological polar surface area (TPSA) is 52.3 Å². The molecule has 0 saturated carbocycles. The third kappa shape index (κ3) is 2.81. The van der Waals surface area contributed by atoms with E-state index in [1.165, 1.54) is 0 Å². The molecule has 0 fully saturated rings. The highest BCUT2D eigenvalue weighted by Crippen LogP contribution is 2.34. The van der Waals surface area contributed by atoms with Gasteiger partial charge in [-0.2, -0.15) is 0 Å². The van der Waals surface area contributed by atoms with Gasteiger partial charge in [0.25, 0.3) is 0 Å². The van der Waals surface area contributed by atoms with E-state index in [1.54, 1.807) is 6.92 Å². The Kier molecular flexibility index (Phi) is 2.78. The molecule has 0 aliphatic carbocycles. The van der Waals surface area contributed by atoms with Crippen LogP contribution < -0.4 is 5.50 Å².